The zero-order chi connectivity index (χ0) is 13.2. The van der Waals surface area contributed by atoms with Crippen LogP contribution in [0.4, 0.5) is 0 Å². The van der Waals surface area contributed by atoms with E-state index in [1.807, 2.05) is 18.2 Å². The lowest BCUT2D eigenvalue weighted by Gasteiger charge is -2.13. The highest BCUT2D eigenvalue weighted by molar-refractivity contribution is 5.80. The van der Waals surface area contributed by atoms with Gasteiger partial charge in [0, 0.05) is 11.1 Å². The molecule has 1 saturated carbocycles. The number of methoxy groups -OCH3 is 1. The molecule has 0 heterocycles. The van der Waals surface area contributed by atoms with Crippen LogP contribution in [0, 0.1) is 0 Å². The number of nitrogens with one attached hydrogen (secondary N) is 1. The number of rotatable bonds is 5. The molecule has 0 spiro atoms. The number of amides is 1. The third-order valence-electron chi connectivity index (χ3n) is 3.33. The molecule has 1 aromatic rings. The maximum atomic E-state index is 11.9. The average molecular weight is 245 g/mol. The van der Waals surface area contributed by atoms with Gasteiger partial charge in [-0.2, -0.15) is 0 Å². The Morgan fingerprint density at radius 1 is 1.56 bits per heavy atom. The second kappa shape index (κ2) is 4.84. The lowest BCUT2D eigenvalue weighted by Crippen LogP contribution is -2.35. The van der Waals surface area contributed by atoms with Crippen molar-refractivity contribution in [1.82, 2.24) is 5.32 Å². The summed E-state index contributed by atoms with van der Waals surface area (Å²) in [6, 6.07) is 5.74. The normalized spacial score (nSPS) is 15.9. The summed E-state index contributed by atoms with van der Waals surface area (Å²) in [5.74, 6) is 0.797. The minimum absolute atomic E-state index is 0.0281. The van der Waals surface area contributed by atoms with Gasteiger partial charge in [0.1, 0.15) is 5.75 Å². The zero-order valence-corrected chi connectivity index (χ0v) is 11.0. The highest BCUT2D eigenvalue weighted by Crippen LogP contribution is 2.34. The summed E-state index contributed by atoms with van der Waals surface area (Å²) in [5.41, 5.74) is 1.92. The van der Waals surface area contributed by atoms with E-state index in [1.54, 1.807) is 13.2 Å². The van der Waals surface area contributed by atoms with E-state index in [-0.39, 0.29) is 11.4 Å². The van der Waals surface area contributed by atoms with Crippen LogP contribution in [0.15, 0.2) is 24.8 Å². The fraction of sp³-hybridized carbons (Fsp3) is 0.400. The van der Waals surface area contributed by atoms with Gasteiger partial charge in [0.2, 0.25) is 5.91 Å². The van der Waals surface area contributed by atoms with Crippen molar-refractivity contribution in [2.75, 3.05) is 7.11 Å². The zero-order valence-electron chi connectivity index (χ0n) is 11.0. The van der Waals surface area contributed by atoms with Gasteiger partial charge >= 0.3 is 0 Å². The van der Waals surface area contributed by atoms with Crippen LogP contribution in [-0.2, 0) is 11.2 Å². The Balaban J connectivity index is 2.11. The highest BCUT2D eigenvalue weighted by atomic mass is 16.5. The molecule has 0 saturated heterocycles. The van der Waals surface area contributed by atoms with Gasteiger partial charge in [-0.1, -0.05) is 18.7 Å². The van der Waals surface area contributed by atoms with Gasteiger partial charge in [0.15, 0.2) is 0 Å². The van der Waals surface area contributed by atoms with Crippen molar-refractivity contribution in [3.63, 3.8) is 0 Å². The van der Waals surface area contributed by atoms with Gasteiger partial charge in [0.05, 0.1) is 13.5 Å². The number of hydrogen-bond acceptors (Lipinski definition) is 2. The van der Waals surface area contributed by atoms with E-state index in [0.717, 1.165) is 29.7 Å². The van der Waals surface area contributed by atoms with Crippen molar-refractivity contribution in [2.24, 2.45) is 0 Å². The predicted octanol–water partition coefficient (Wildman–Crippen LogP) is 2.55. The second-order valence-corrected chi connectivity index (χ2v) is 5.06. The summed E-state index contributed by atoms with van der Waals surface area (Å²) >= 11 is 0. The van der Waals surface area contributed by atoms with Gasteiger partial charge in [0.25, 0.3) is 0 Å². The Bertz CT molecular complexity index is 475. The Hall–Kier alpha value is -1.77. The van der Waals surface area contributed by atoms with Crippen LogP contribution < -0.4 is 10.1 Å². The summed E-state index contributed by atoms with van der Waals surface area (Å²) in [4.78, 5) is 11.9. The van der Waals surface area contributed by atoms with Gasteiger partial charge in [-0.15, -0.1) is 0 Å². The van der Waals surface area contributed by atoms with E-state index in [1.165, 1.54) is 0 Å². The number of carbonyl (C=O) groups excluding carboxylic acids is 1. The van der Waals surface area contributed by atoms with Crippen LogP contribution in [0.25, 0.3) is 6.08 Å². The smallest absolute Gasteiger partial charge is 0.224 e. The Labute approximate surface area is 108 Å². The minimum atomic E-state index is 0.0281. The van der Waals surface area contributed by atoms with Gasteiger partial charge in [-0.25, -0.2) is 0 Å². The molecule has 1 aliphatic carbocycles. The summed E-state index contributed by atoms with van der Waals surface area (Å²) in [6.45, 7) is 5.81. The van der Waals surface area contributed by atoms with E-state index >= 15 is 0 Å². The average Bonchev–Trinajstić information content (AvgIpc) is 3.06. The molecular weight excluding hydrogens is 226 g/mol. The van der Waals surface area contributed by atoms with E-state index < -0.39 is 0 Å². The van der Waals surface area contributed by atoms with Gasteiger partial charge in [-0.05, 0) is 37.5 Å². The molecule has 1 N–H and O–H groups in total. The highest BCUT2D eigenvalue weighted by Gasteiger charge is 2.38. The molecule has 0 aliphatic heterocycles. The lowest BCUT2D eigenvalue weighted by molar-refractivity contribution is -0.121. The fourth-order valence-corrected chi connectivity index (χ4v) is 1.93. The molecule has 2 rings (SSSR count). The molecule has 0 radical (unpaired) electrons. The van der Waals surface area contributed by atoms with E-state index in [0.29, 0.717) is 6.42 Å². The number of ether oxygens (including phenoxy) is 1. The minimum Gasteiger partial charge on any atom is -0.496 e. The van der Waals surface area contributed by atoms with Crippen LogP contribution in [0.3, 0.4) is 0 Å². The molecule has 0 bridgehead atoms. The van der Waals surface area contributed by atoms with Crippen molar-refractivity contribution in [3.8, 4) is 5.75 Å². The monoisotopic (exact) mass is 245 g/mol. The molecule has 1 amide bonds. The summed E-state index contributed by atoms with van der Waals surface area (Å²) in [7, 11) is 1.62. The maximum Gasteiger partial charge on any atom is 0.224 e. The molecule has 3 heteroatoms. The first kappa shape index (κ1) is 12.7. The van der Waals surface area contributed by atoms with Crippen molar-refractivity contribution < 1.29 is 9.53 Å². The van der Waals surface area contributed by atoms with E-state index in [4.69, 9.17) is 4.74 Å². The first-order valence-corrected chi connectivity index (χ1v) is 6.17. The maximum absolute atomic E-state index is 11.9. The first-order valence-electron chi connectivity index (χ1n) is 6.17. The molecule has 1 aromatic carbocycles. The Morgan fingerprint density at radius 3 is 2.83 bits per heavy atom. The topological polar surface area (TPSA) is 38.3 Å². The lowest BCUT2D eigenvalue weighted by atomic mass is 10.1. The number of benzene rings is 1. The van der Waals surface area contributed by atoms with E-state index in [2.05, 4.69) is 18.8 Å². The molecule has 1 aliphatic rings. The molecule has 3 nitrogen and oxygen atoms in total. The Kier molecular flexibility index (Phi) is 3.41. The van der Waals surface area contributed by atoms with Crippen molar-refractivity contribution >= 4 is 12.0 Å². The molecule has 18 heavy (non-hydrogen) atoms. The largest absolute Gasteiger partial charge is 0.496 e. The van der Waals surface area contributed by atoms with Gasteiger partial charge < -0.3 is 10.1 Å². The van der Waals surface area contributed by atoms with Crippen LogP contribution >= 0.6 is 0 Å². The summed E-state index contributed by atoms with van der Waals surface area (Å²) in [6.07, 6.45) is 4.26. The quantitative estimate of drug-likeness (QED) is 0.865. The standard InChI is InChI=1S/C15H19NO2/c1-4-11-5-6-13(18-3)12(9-11)10-14(17)16-15(2)7-8-15/h4-6,9H,1,7-8,10H2,2-3H3,(H,16,17). The van der Waals surface area contributed by atoms with Gasteiger partial charge in [-0.3, -0.25) is 4.79 Å². The molecule has 0 unspecified atom stereocenters. The van der Waals surface area contributed by atoms with E-state index in [9.17, 15) is 4.79 Å². The molecule has 96 valence electrons. The molecule has 0 aromatic heterocycles. The van der Waals surface area contributed by atoms with Crippen LogP contribution in [0.1, 0.15) is 30.9 Å². The van der Waals surface area contributed by atoms with Crippen LogP contribution in [0.5, 0.6) is 5.75 Å². The third kappa shape index (κ3) is 2.92. The summed E-state index contributed by atoms with van der Waals surface area (Å²) < 4.78 is 5.28. The fourth-order valence-electron chi connectivity index (χ4n) is 1.93. The van der Waals surface area contributed by atoms with Crippen LogP contribution in [0.2, 0.25) is 0 Å². The first-order chi connectivity index (χ1) is 8.56. The Morgan fingerprint density at radius 2 is 2.28 bits per heavy atom. The van der Waals surface area contributed by atoms with Crippen molar-refractivity contribution in [3.05, 3.63) is 35.9 Å². The van der Waals surface area contributed by atoms with Crippen molar-refractivity contribution in [1.29, 1.82) is 0 Å². The predicted molar refractivity (Wildman–Crippen MR) is 72.6 cm³/mol. The number of carbonyl (C=O) groups is 1. The van der Waals surface area contributed by atoms with Crippen molar-refractivity contribution in [2.45, 2.75) is 31.7 Å². The third-order valence-corrected chi connectivity index (χ3v) is 3.33. The van der Waals surface area contributed by atoms with Crippen LogP contribution in [-0.4, -0.2) is 18.6 Å². The molecule has 1 fully saturated rings. The second-order valence-electron chi connectivity index (χ2n) is 5.06. The number of hydrogen-bond donors (Lipinski definition) is 1. The molecular formula is C15H19NO2. The molecule has 0 atom stereocenters. The SMILES string of the molecule is C=Cc1ccc(OC)c(CC(=O)NC2(C)CC2)c1. The summed E-state index contributed by atoms with van der Waals surface area (Å²) in [5, 5.41) is 3.05.